The summed E-state index contributed by atoms with van der Waals surface area (Å²) in [6.45, 7) is 9.20. The molecule has 3 saturated heterocycles. The summed E-state index contributed by atoms with van der Waals surface area (Å²) in [6, 6.07) is 12.2. The molecule has 0 saturated carbocycles. The third-order valence-electron chi connectivity index (χ3n) is 10.4. The van der Waals surface area contributed by atoms with Crippen molar-refractivity contribution in [1.29, 1.82) is 0 Å². The van der Waals surface area contributed by atoms with Gasteiger partial charge in [0.1, 0.15) is 17.7 Å². The first kappa shape index (κ1) is 30.7. The molecule has 3 atom stereocenters. The van der Waals surface area contributed by atoms with Crippen molar-refractivity contribution in [1.82, 2.24) is 39.7 Å². The number of aryl methyl sites for hydroxylation is 1. The summed E-state index contributed by atoms with van der Waals surface area (Å²) in [7, 11) is 1.86. The average molecular weight is 651 g/mol. The lowest BCUT2D eigenvalue weighted by molar-refractivity contribution is -0.132. The molecule has 0 bridgehead atoms. The molecular weight excluding hydrogens is 608 g/mol. The lowest BCUT2D eigenvalue weighted by Gasteiger charge is -2.35. The number of anilines is 2. The fraction of sp³-hybridized carbons (Fsp3) is 0.486. The zero-order valence-electron chi connectivity index (χ0n) is 27.8. The molecule has 4 aliphatic rings. The Balaban J connectivity index is 0.885. The van der Waals surface area contributed by atoms with Gasteiger partial charge in [-0.1, -0.05) is 30.3 Å². The molecule has 13 nitrogen and oxygen atoms in total. The Morgan fingerprint density at radius 3 is 2.52 bits per heavy atom. The zero-order chi connectivity index (χ0) is 33.0. The maximum Gasteiger partial charge on any atom is 0.237 e. The van der Waals surface area contributed by atoms with Crippen molar-refractivity contribution in [2.45, 2.75) is 45.3 Å². The van der Waals surface area contributed by atoms with E-state index in [-0.39, 0.29) is 24.0 Å². The normalized spacial score (nSPS) is 25.1. The number of carbonyl (C=O) groups is 2. The number of aromatic nitrogens is 6. The molecule has 0 radical (unpaired) electrons. The summed E-state index contributed by atoms with van der Waals surface area (Å²) < 4.78 is 7.61. The maximum atomic E-state index is 14.0. The average Bonchev–Trinajstić information content (AvgIpc) is 3.88. The van der Waals surface area contributed by atoms with E-state index in [1.54, 1.807) is 11.0 Å². The number of benzene rings is 1. The number of rotatable bonds is 6. The monoisotopic (exact) mass is 650 g/mol. The van der Waals surface area contributed by atoms with Gasteiger partial charge in [0.25, 0.3) is 0 Å². The molecule has 13 heteroatoms. The standard InChI is InChI=1S/C35H42N10O3/c1-23-18-44(19-24(2)48-23)33-31-28(38-39-33)8-9-29(37-31)45-17-13-35(34(45)47)12-16-42(21-35)20-30(46)43-14-10-26(11-15-43)25-4-6-27(7-5-25)32-36-22-41(3)40-32/h4-10,22-24H,11-21H2,1-3H3,(H,38,39)/t23-,24+,35-/m0/s1. The van der Waals surface area contributed by atoms with Gasteiger partial charge in [0.15, 0.2) is 11.6 Å². The Labute approximate surface area is 279 Å². The molecule has 8 rings (SSSR count). The molecule has 0 aliphatic carbocycles. The van der Waals surface area contributed by atoms with Gasteiger partial charge in [-0.25, -0.2) is 9.97 Å². The third kappa shape index (κ3) is 5.64. The smallest absolute Gasteiger partial charge is 0.237 e. The van der Waals surface area contributed by atoms with Gasteiger partial charge in [-0.15, -0.1) is 0 Å². The van der Waals surface area contributed by atoms with Crippen LogP contribution >= 0.6 is 0 Å². The molecular formula is C35H42N10O3. The van der Waals surface area contributed by atoms with Crippen LogP contribution in [-0.2, 0) is 21.4 Å². The number of likely N-dealkylation sites (tertiary alicyclic amines) is 1. The van der Waals surface area contributed by atoms with Crippen LogP contribution in [0.2, 0.25) is 0 Å². The maximum absolute atomic E-state index is 14.0. The Hall–Kier alpha value is -4.62. The minimum Gasteiger partial charge on any atom is -0.372 e. The number of carbonyl (C=O) groups excluding carboxylic acids is 2. The SMILES string of the molecule is C[C@@H]1CN(c2n[nH]c3ccc(N4CC[C@]5(CCN(CC(=O)N6CC=C(c7ccc(-c8ncn(C)n8)cc7)CC6)C5)C4=O)nc23)C[C@H](C)O1. The van der Waals surface area contributed by atoms with Crippen molar-refractivity contribution in [3.8, 4) is 11.4 Å². The van der Waals surface area contributed by atoms with E-state index in [2.05, 4.69) is 62.1 Å². The van der Waals surface area contributed by atoms with Crippen molar-refractivity contribution in [2.24, 2.45) is 12.5 Å². The number of hydrogen-bond acceptors (Lipinski definition) is 9. The molecule has 4 aromatic rings. The predicted octanol–water partition coefficient (Wildman–Crippen LogP) is 3.11. The van der Waals surface area contributed by atoms with Gasteiger partial charge in [0.05, 0.1) is 29.7 Å². The molecule has 7 heterocycles. The number of morpholine rings is 1. The molecule has 3 aromatic heterocycles. The summed E-state index contributed by atoms with van der Waals surface area (Å²) in [4.78, 5) is 44.8. The van der Waals surface area contributed by atoms with Crippen molar-refractivity contribution in [3.63, 3.8) is 0 Å². The highest BCUT2D eigenvalue weighted by Gasteiger charge is 2.51. The summed E-state index contributed by atoms with van der Waals surface area (Å²) in [6.07, 6.45) is 6.39. The Bertz CT molecular complexity index is 1870. The summed E-state index contributed by atoms with van der Waals surface area (Å²) in [5, 5.41) is 12.1. The van der Waals surface area contributed by atoms with Crippen molar-refractivity contribution in [3.05, 3.63) is 54.4 Å². The number of amides is 2. The van der Waals surface area contributed by atoms with E-state index in [1.807, 2.05) is 41.1 Å². The Kier molecular flexibility index (Phi) is 7.75. The fourth-order valence-corrected chi connectivity index (χ4v) is 7.86. The van der Waals surface area contributed by atoms with Crippen LogP contribution in [0.15, 0.2) is 48.8 Å². The van der Waals surface area contributed by atoms with Crippen LogP contribution in [-0.4, -0.2) is 116 Å². The second-order valence-electron chi connectivity index (χ2n) is 13.9. The summed E-state index contributed by atoms with van der Waals surface area (Å²) >= 11 is 0. The molecule has 2 amide bonds. The number of nitrogens with zero attached hydrogens (tertiary/aromatic N) is 9. The molecule has 3 fully saturated rings. The molecule has 48 heavy (non-hydrogen) atoms. The van der Waals surface area contributed by atoms with Crippen LogP contribution in [0.5, 0.6) is 0 Å². The summed E-state index contributed by atoms with van der Waals surface area (Å²) in [5.74, 6) is 2.40. The molecule has 0 unspecified atom stereocenters. The minimum absolute atomic E-state index is 0.101. The molecule has 250 valence electrons. The van der Waals surface area contributed by atoms with E-state index < -0.39 is 5.41 Å². The zero-order valence-corrected chi connectivity index (χ0v) is 27.8. The summed E-state index contributed by atoms with van der Waals surface area (Å²) in [5.41, 5.74) is 4.55. The first-order valence-corrected chi connectivity index (χ1v) is 17.0. The number of H-pyrrole nitrogens is 1. The topological polar surface area (TPSA) is 129 Å². The quantitative estimate of drug-likeness (QED) is 0.335. The number of aromatic amines is 1. The second-order valence-corrected chi connectivity index (χ2v) is 13.9. The largest absolute Gasteiger partial charge is 0.372 e. The van der Waals surface area contributed by atoms with Crippen LogP contribution in [0, 0.1) is 5.41 Å². The van der Waals surface area contributed by atoms with Gasteiger partial charge >= 0.3 is 0 Å². The lowest BCUT2D eigenvalue weighted by Crippen LogP contribution is -2.45. The highest BCUT2D eigenvalue weighted by Crippen LogP contribution is 2.42. The van der Waals surface area contributed by atoms with Gasteiger partial charge in [0.2, 0.25) is 11.8 Å². The lowest BCUT2D eigenvalue weighted by atomic mass is 9.85. The van der Waals surface area contributed by atoms with Crippen molar-refractivity contribution < 1.29 is 14.3 Å². The van der Waals surface area contributed by atoms with E-state index in [1.165, 1.54) is 5.57 Å². The number of hydrogen-bond donors (Lipinski definition) is 1. The van der Waals surface area contributed by atoms with E-state index >= 15 is 0 Å². The number of nitrogens with one attached hydrogen (secondary N) is 1. The van der Waals surface area contributed by atoms with Crippen LogP contribution in [0.1, 0.15) is 38.7 Å². The van der Waals surface area contributed by atoms with Gasteiger partial charge < -0.3 is 14.5 Å². The molecule has 1 N–H and O–H groups in total. The predicted molar refractivity (Wildman–Crippen MR) is 182 cm³/mol. The van der Waals surface area contributed by atoms with Gasteiger partial charge in [-0.3, -0.25) is 29.2 Å². The highest BCUT2D eigenvalue weighted by atomic mass is 16.5. The van der Waals surface area contributed by atoms with Gasteiger partial charge in [-0.2, -0.15) is 10.2 Å². The number of ether oxygens (including phenoxy) is 1. The third-order valence-corrected chi connectivity index (χ3v) is 10.4. The highest BCUT2D eigenvalue weighted by molar-refractivity contribution is 6.01. The van der Waals surface area contributed by atoms with E-state index in [9.17, 15) is 9.59 Å². The van der Waals surface area contributed by atoms with Crippen LogP contribution in [0.25, 0.3) is 28.0 Å². The number of fused-ring (bicyclic) bond motifs is 1. The van der Waals surface area contributed by atoms with Crippen molar-refractivity contribution >= 4 is 40.1 Å². The van der Waals surface area contributed by atoms with E-state index in [0.29, 0.717) is 44.4 Å². The van der Waals surface area contributed by atoms with E-state index in [4.69, 9.17) is 9.72 Å². The van der Waals surface area contributed by atoms with Gasteiger partial charge in [0, 0.05) is 51.9 Å². The van der Waals surface area contributed by atoms with Crippen LogP contribution in [0.4, 0.5) is 11.6 Å². The van der Waals surface area contributed by atoms with E-state index in [0.717, 1.165) is 66.9 Å². The Morgan fingerprint density at radius 2 is 1.79 bits per heavy atom. The number of pyridine rings is 1. The van der Waals surface area contributed by atoms with Crippen LogP contribution in [0.3, 0.4) is 0 Å². The Morgan fingerprint density at radius 1 is 1.02 bits per heavy atom. The molecule has 4 aliphatic heterocycles. The fourth-order valence-electron chi connectivity index (χ4n) is 7.86. The second kappa shape index (κ2) is 12.1. The first-order valence-electron chi connectivity index (χ1n) is 17.0. The van der Waals surface area contributed by atoms with Gasteiger partial charge in [-0.05, 0) is 62.9 Å². The minimum atomic E-state index is -0.475. The molecule has 1 aromatic carbocycles. The van der Waals surface area contributed by atoms with Crippen molar-refractivity contribution in [2.75, 3.05) is 62.2 Å². The first-order chi connectivity index (χ1) is 23.2. The molecule has 1 spiro atoms. The van der Waals surface area contributed by atoms with Crippen LogP contribution < -0.4 is 9.80 Å².